The van der Waals surface area contributed by atoms with Crippen molar-refractivity contribution in [3.05, 3.63) is 121 Å². The summed E-state index contributed by atoms with van der Waals surface area (Å²) in [5, 5.41) is 5.27. The van der Waals surface area contributed by atoms with E-state index in [9.17, 15) is 0 Å². The van der Waals surface area contributed by atoms with Crippen molar-refractivity contribution in [1.82, 2.24) is 0 Å². The van der Waals surface area contributed by atoms with Gasteiger partial charge in [-0.1, -0.05) is 0 Å². The average Bonchev–Trinajstić information content (AvgIpc) is 2.86. The van der Waals surface area contributed by atoms with Crippen LogP contribution in [0.5, 0.6) is 0 Å². The molecule has 0 aromatic heterocycles. The molecule has 0 saturated carbocycles. The van der Waals surface area contributed by atoms with Crippen LogP contribution in [0.25, 0.3) is 0 Å². The van der Waals surface area contributed by atoms with Gasteiger partial charge >= 0.3 is 208 Å². The molecular weight excluding hydrogens is 516 g/mol. The third kappa shape index (κ3) is 4.85. The zero-order valence-electron chi connectivity index (χ0n) is 17.7. The van der Waals surface area contributed by atoms with E-state index < -0.39 is 27.5 Å². The van der Waals surface area contributed by atoms with Gasteiger partial charge in [-0.05, 0) is 0 Å². The van der Waals surface area contributed by atoms with Crippen molar-refractivity contribution >= 4 is 57.4 Å². The quantitative estimate of drug-likeness (QED) is 0.163. The molecule has 167 valence electrons. The Bertz CT molecular complexity index is 932. The molecule has 0 fully saturated rings. The molecule has 0 bridgehead atoms. The number of hydrogen-bond acceptors (Lipinski definition) is 0. The summed E-state index contributed by atoms with van der Waals surface area (Å²) in [7, 11) is 12.6. The predicted molar refractivity (Wildman–Crippen MR) is 143 cm³/mol. The molecular formula is C27H25Cl2NiP2. The standard InChI is InChI=1S/C27H25P2.2ClH.Ni/c1-2-27(28(23-15-7-3-8-16-23)24-17-9-4-10-18-24)29(25-19-11-5-12-20-25)26-21-13-6-14-22-26;;;/h3-22H,2H2,1H3;2*1H;/q;;;+2/p-2. The number of hydrogen-bond donors (Lipinski definition) is 0. The molecule has 5 heteroatoms. The maximum absolute atomic E-state index is 7.13. The number of benzene rings is 4. The first kappa shape index (κ1) is 24.0. The number of rotatable bonds is 8. The molecule has 0 aliphatic carbocycles. The van der Waals surface area contributed by atoms with Gasteiger partial charge in [0.05, 0.1) is 0 Å². The van der Waals surface area contributed by atoms with Crippen molar-refractivity contribution < 1.29 is 11.6 Å². The molecule has 32 heavy (non-hydrogen) atoms. The summed E-state index contributed by atoms with van der Waals surface area (Å²) in [5.74, 6) is 0. The first-order valence-electron chi connectivity index (χ1n) is 10.4. The van der Waals surface area contributed by atoms with Crippen LogP contribution < -0.4 is 21.2 Å². The van der Waals surface area contributed by atoms with Gasteiger partial charge in [0.1, 0.15) is 0 Å². The zero-order valence-corrected chi connectivity index (χ0v) is 22.0. The average molecular weight is 541 g/mol. The Morgan fingerprint density at radius 3 is 0.969 bits per heavy atom. The summed E-state index contributed by atoms with van der Waals surface area (Å²) in [4.78, 5) is 0. The Kier molecular flexibility index (Phi) is 8.45. The summed E-state index contributed by atoms with van der Waals surface area (Å²) in [6.07, 6.45) is 0.889. The van der Waals surface area contributed by atoms with Crippen molar-refractivity contribution in [1.29, 1.82) is 0 Å². The van der Waals surface area contributed by atoms with Crippen molar-refractivity contribution in [2.24, 2.45) is 0 Å². The molecule has 0 aliphatic rings. The monoisotopic (exact) mass is 539 g/mol. The van der Waals surface area contributed by atoms with Crippen LogP contribution in [0.2, 0.25) is 0 Å². The van der Waals surface area contributed by atoms with E-state index >= 15 is 0 Å². The topological polar surface area (TPSA) is 0 Å². The summed E-state index contributed by atoms with van der Waals surface area (Å²) in [5.41, 5.74) is 0. The van der Waals surface area contributed by atoms with Crippen LogP contribution in [0.3, 0.4) is 0 Å². The normalized spacial score (nSPS) is 12.2. The van der Waals surface area contributed by atoms with E-state index in [1.165, 1.54) is 21.2 Å². The molecule has 0 atom stereocenters. The van der Waals surface area contributed by atoms with Gasteiger partial charge in [0.15, 0.2) is 0 Å². The van der Waals surface area contributed by atoms with E-state index in [0.717, 1.165) is 6.42 Å². The van der Waals surface area contributed by atoms with Crippen molar-refractivity contribution in [3.63, 3.8) is 0 Å². The van der Waals surface area contributed by atoms with Crippen LogP contribution in [-0.4, -0.2) is 3.87 Å². The van der Waals surface area contributed by atoms with Crippen molar-refractivity contribution in [2.75, 3.05) is 0 Å². The van der Waals surface area contributed by atoms with E-state index in [1.807, 2.05) is 0 Å². The number of halogens is 2. The second-order valence-electron chi connectivity index (χ2n) is 7.20. The molecule has 0 N–H and O–H groups in total. The van der Waals surface area contributed by atoms with Gasteiger partial charge < -0.3 is 0 Å². The van der Waals surface area contributed by atoms with E-state index in [2.05, 4.69) is 128 Å². The third-order valence-corrected chi connectivity index (χ3v) is 18.2. The first-order valence-corrected chi connectivity index (χ1v) is 16.3. The van der Waals surface area contributed by atoms with E-state index in [-0.39, 0.29) is 3.87 Å². The second-order valence-corrected chi connectivity index (χ2v) is 17.0. The fourth-order valence-corrected chi connectivity index (χ4v) is 17.1. The fourth-order valence-electron chi connectivity index (χ4n) is 3.97. The minimum atomic E-state index is -1.04. The summed E-state index contributed by atoms with van der Waals surface area (Å²) < 4.78 is -0.306. The van der Waals surface area contributed by atoms with Gasteiger partial charge in [0.25, 0.3) is 0 Å². The molecule has 0 saturated heterocycles. The Hall–Kier alpha value is -1.19. The van der Waals surface area contributed by atoms with Crippen LogP contribution in [0, 0.1) is 0 Å². The van der Waals surface area contributed by atoms with Crippen LogP contribution in [0.1, 0.15) is 13.3 Å². The summed E-state index contributed by atoms with van der Waals surface area (Å²) in [6, 6.07) is 43.3. The third-order valence-electron chi connectivity index (χ3n) is 5.33. The maximum atomic E-state index is 7.13. The summed E-state index contributed by atoms with van der Waals surface area (Å²) >= 11 is -1.04. The Labute approximate surface area is 206 Å². The first-order chi connectivity index (χ1) is 15.7. The molecule has 0 radical (unpaired) electrons. The Balaban J connectivity index is 2.04. The second kappa shape index (κ2) is 11.3. The van der Waals surface area contributed by atoms with E-state index in [1.54, 1.807) is 0 Å². The fraction of sp³-hybridized carbons (Fsp3) is 0.111. The molecule has 4 aromatic carbocycles. The SMILES string of the molecule is CC[C](P(c1ccccc1)c1ccccc1)(P(c1ccccc1)c1ccccc1)[Ni]([Cl])[Cl]. The molecule has 0 aliphatic heterocycles. The molecule has 4 aromatic rings. The van der Waals surface area contributed by atoms with E-state index in [0.29, 0.717) is 0 Å². The molecule has 0 heterocycles. The van der Waals surface area contributed by atoms with Gasteiger partial charge in [0, 0.05) is 0 Å². The Morgan fingerprint density at radius 1 is 0.531 bits per heavy atom. The van der Waals surface area contributed by atoms with Gasteiger partial charge in [-0.3, -0.25) is 0 Å². The van der Waals surface area contributed by atoms with Crippen molar-refractivity contribution in [3.8, 4) is 0 Å². The predicted octanol–water partition coefficient (Wildman–Crippen LogP) is 7.24. The van der Waals surface area contributed by atoms with Gasteiger partial charge in [-0.15, -0.1) is 0 Å². The van der Waals surface area contributed by atoms with Gasteiger partial charge in [-0.25, -0.2) is 0 Å². The van der Waals surface area contributed by atoms with Gasteiger partial charge in [-0.2, -0.15) is 0 Å². The van der Waals surface area contributed by atoms with Gasteiger partial charge in [0.2, 0.25) is 0 Å². The van der Waals surface area contributed by atoms with Crippen LogP contribution in [0.4, 0.5) is 0 Å². The van der Waals surface area contributed by atoms with Crippen LogP contribution in [-0.2, 0) is 11.6 Å². The molecule has 4 rings (SSSR count). The van der Waals surface area contributed by atoms with Crippen molar-refractivity contribution in [2.45, 2.75) is 17.2 Å². The molecule has 0 amide bonds. The van der Waals surface area contributed by atoms with E-state index in [4.69, 9.17) is 20.4 Å². The zero-order chi connectivity index (χ0) is 22.4. The van der Waals surface area contributed by atoms with Crippen LogP contribution in [0.15, 0.2) is 121 Å². The molecule has 0 spiro atoms. The summed E-state index contributed by atoms with van der Waals surface area (Å²) in [6.45, 7) is 2.26. The Morgan fingerprint density at radius 2 is 0.781 bits per heavy atom. The molecule has 0 nitrogen and oxygen atoms in total. The minimum absolute atomic E-state index is 0.306. The molecule has 0 unspecified atom stereocenters. The van der Waals surface area contributed by atoms with Crippen LogP contribution >= 0.6 is 36.2 Å².